The van der Waals surface area contributed by atoms with Gasteiger partial charge >= 0.3 is 0 Å². The number of benzene rings is 2. The Bertz CT molecular complexity index is 1050. The first-order valence-corrected chi connectivity index (χ1v) is 11.6. The molecule has 0 amide bonds. The summed E-state index contributed by atoms with van der Waals surface area (Å²) >= 11 is 0. The fourth-order valence-electron chi connectivity index (χ4n) is 3.03. The second-order valence-electron chi connectivity index (χ2n) is 6.41. The van der Waals surface area contributed by atoms with Gasteiger partial charge < -0.3 is 4.74 Å². The van der Waals surface area contributed by atoms with Gasteiger partial charge in [-0.2, -0.15) is 0 Å². The van der Waals surface area contributed by atoms with E-state index in [9.17, 15) is 16.8 Å². The predicted molar refractivity (Wildman–Crippen MR) is 105 cm³/mol. The highest BCUT2D eigenvalue weighted by Crippen LogP contribution is 2.32. The van der Waals surface area contributed by atoms with Crippen LogP contribution in [0.2, 0.25) is 0 Å². The summed E-state index contributed by atoms with van der Waals surface area (Å²) in [6.45, 7) is 2.19. The molecule has 1 aliphatic rings. The van der Waals surface area contributed by atoms with Gasteiger partial charge in [-0.1, -0.05) is 12.1 Å². The predicted octanol–water partition coefficient (Wildman–Crippen LogP) is 2.73. The normalized spacial score (nSPS) is 16.7. The second-order valence-corrected chi connectivity index (χ2v) is 10.1. The lowest BCUT2D eigenvalue weighted by Gasteiger charge is -2.28. The van der Waals surface area contributed by atoms with E-state index >= 15 is 0 Å². The monoisotopic (exact) mass is 410 g/mol. The van der Waals surface area contributed by atoms with E-state index in [1.807, 2.05) is 13.0 Å². The number of nitrogens with zero attached hydrogens (tertiary/aromatic N) is 1. The lowest BCUT2D eigenvalue weighted by Crippen LogP contribution is -2.37. The average Bonchev–Trinajstić information content (AvgIpc) is 2.60. The Morgan fingerprint density at radius 1 is 1.11 bits per heavy atom. The van der Waals surface area contributed by atoms with Crippen molar-refractivity contribution in [1.82, 2.24) is 0 Å². The Morgan fingerprint density at radius 3 is 2.56 bits per heavy atom. The highest BCUT2D eigenvalue weighted by molar-refractivity contribution is 7.93. The quantitative estimate of drug-likeness (QED) is 0.818. The van der Waals surface area contributed by atoms with Crippen molar-refractivity contribution in [2.75, 3.05) is 28.4 Å². The SMILES string of the molecule is COc1ccc(N2CCCCS2(=O)=O)cc1S(=O)(=O)Nc1cccc(C)c1. The maximum absolute atomic E-state index is 12.9. The van der Waals surface area contributed by atoms with Gasteiger partial charge in [-0.3, -0.25) is 9.03 Å². The van der Waals surface area contributed by atoms with Crippen molar-refractivity contribution in [3.8, 4) is 5.75 Å². The van der Waals surface area contributed by atoms with Crippen molar-refractivity contribution < 1.29 is 21.6 Å². The Morgan fingerprint density at radius 2 is 1.89 bits per heavy atom. The minimum atomic E-state index is -3.97. The molecule has 0 unspecified atom stereocenters. The van der Waals surface area contributed by atoms with Crippen LogP contribution >= 0.6 is 0 Å². The Kier molecular flexibility index (Phi) is 5.34. The van der Waals surface area contributed by atoms with Crippen LogP contribution in [-0.4, -0.2) is 36.2 Å². The third-order valence-corrected chi connectivity index (χ3v) is 7.62. The van der Waals surface area contributed by atoms with E-state index in [-0.39, 0.29) is 16.4 Å². The molecule has 0 aromatic heterocycles. The summed E-state index contributed by atoms with van der Waals surface area (Å²) in [6, 6.07) is 11.4. The van der Waals surface area contributed by atoms with Gasteiger partial charge in [0.15, 0.2) is 0 Å². The minimum Gasteiger partial charge on any atom is -0.495 e. The van der Waals surface area contributed by atoms with Gasteiger partial charge in [-0.25, -0.2) is 16.8 Å². The van der Waals surface area contributed by atoms with Crippen LogP contribution in [-0.2, 0) is 20.0 Å². The average molecular weight is 411 g/mol. The van der Waals surface area contributed by atoms with Gasteiger partial charge in [0.1, 0.15) is 10.6 Å². The summed E-state index contributed by atoms with van der Waals surface area (Å²) < 4.78 is 59.6. The smallest absolute Gasteiger partial charge is 0.265 e. The van der Waals surface area contributed by atoms with Crippen LogP contribution in [0.25, 0.3) is 0 Å². The summed E-state index contributed by atoms with van der Waals surface area (Å²) in [5.74, 6) is 0.205. The number of hydrogen-bond acceptors (Lipinski definition) is 5. The lowest BCUT2D eigenvalue weighted by atomic mass is 10.2. The molecule has 3 rings (SSSR count). The van der Waals surface area contributed by atoms with Crippen LogP contribution in [0.5, 0.6) is 5.75 Å². The fourth-order valence-corrected chi connectivity index (χ4v) is 5.90. The molecule has 1 aliphatic heterocycles. The van der Waals surface area contributed by atoms with Crippen LogP contribution in [0.1, 0.15) is 18.4 Å². The first-order valence-electron chi connectivity index (χ1n) is 8.51. The maximum Gasteiger partial charge on any atom is 0.265 e. The van der Waals surface area contributed by atoms with Crippen LogP contribution in [0.15, 0.2) is 47.4 Å². The summed E-state index contributed by atoms with van der Waals surface area (Å²) in [5, 5.41) is 0. The lowest BCUT2D eigenvalue weighted by molar-refractivity contribution is 0.403. The molecule has 1 N–H and O–H groups in total. The van der Waals surface area contributed by atoms with E-state index in [0.29, 0.717) is 24.3 Å². The first-order chi connectivity index (χ1) is 12.7. The van der Waals surface area contributed by atoms with Crippen LogP contribution in [0, 0.1) is 6.92 Å². The third kappa shape index (κ3) is 4.19. The summed E-state index contributed by atoms with van der Waals surface area (Å²) in [6.07, 6.45) is 1.34. The number of anilines is 2. The molecule has 7 nitrogen and oxygen atoms in total. The third-order valence-electron chi connectivity index (χ3n) is 4.34. The molecule has 0 atom stereocenters. The molecule has 27 heavy (non-hydrogen) atoms. The minimum absolute atomic E-state index is 0.0582. The molecular weight excluding hydrogens is 388 g/mol. The molecule has 1 heterocycles. The Balaban J connectivity index is 2.03. The van der Waals surface area contributed by atoms with Gasteiger partial charge in [0, 0.05) is 12.2 Å². The number of rotatable bonds is 5. The van der Waals surface area contributed by atoms with Gasteiger partial charge in [-0.15, -0.1) is 0 Å². The van der Waals surface area contributed by atoms with Crippen molar-refractivity contribution in [1.29, 1.82) is 0 Å². The number of ether oxygens (including phenoxy) is 1. The number of hydrogen-bond donors (Lipinski definition) is 1. The van der Waals surface area contributed by atoms with Crippen molar-refractivity contribution in [2.45, 2.75) is 24.7 Å². The molecule has 146 valence electrons. The molecule has 0 bridgehead atoms. The van der Waals surface area contributed by atoms with Gasteiger partial charge in [0.2, 0.25) is 10.0 Å². The molecule has 9 heteroatoms. The summed E-state index contributed by atoms with van der Waals surface area (Å²) in [4.78, 5) is -0.107. The maximum atomic E-state index is 12.9. The molecule has 0 saturated carbocycles. The standard InChI is InChI=1S/C18H22N2O5S2/c1-14-6-5-7-15(12-14)19-27(23,24)18-13-16(8-9-17(18)25-2)20-10-3-4-11-26(20,21)22/h5-9,12-13,19H,3-4,10-11H2,1-2H3. The van der Waals surface area contributed by atoms with E-state index in [1.54, 1.807) is 24.3 Å². The second kappa shape index (κ2) is 7.40. The number of sulfonamides is 2. The molecule has 1 fully saturated rings. The molecule has 1 saturated heterocycles. The molecule has 0 radical (unpaired) electrons. The molecule has 2 aromatic rings. The van der Waals surface area contributed by atoms with Crippen molar-refractivity contribution in [3.63, 3.8) is 0 Å². The Labute approximate surface area is 160 Å². The van der Waals surface area contributed by atoms with Gasteiger partial charge in [0.25, 0.3) is 10.0 Å². The van der Waals surface area contributed by atoms with Crippen LogP contribution in [0.4, 0.5) is 11.4 Å². The topological polar surface area (TPSA) is 92.8 Å². The van der Waals surface area contributed by atoms with Crippen molar-refractivity contribution >= 4 is 31.4 Å². The van der Waals surface area contributed by atoms with Crippen molar-refractivity contribution in [2.24, 2.45) is 0 Å². The zero-order valence-electron chi connectivity index (χ0n) is 15.2. The number of aryl methyl sites for hydroxylation is 1. The Hall–Kier alpha value is -2.26. The van der Waals surface area contributed by atoms with E-state index in [0.717, 1.165) is 12.0 Å². The zero-order valence-corrected chi connectivity index (χ0v) is 16.8. The molecular formula is C18H22N2O5S2. The highest BCUT2D eigenvalue weighted by Gasteiger charge is 2.28. The first kappa shape index (κ1) is 19.5. The molecule has 0 spiro atoms. The van der Waals surface area contributed by atoms with Crippen LogP contribution < -0.4 is 13.8 Å². The van der Waals surface area contributed by atoms with E-state index in [4.69, 9.17) is 4.74 Å². The van der Waals surface area contributed by atoms with E-state index in [1.165, 1.54) is 23.5 Å². The fraction of sp³-hybridized carbons (Fsp3) is 0.333. The highest BCUT2D eigenvalue weighted by atomic mass is 32.2. The zero-order chi connectivity index (χ0) is 19.7. The molecule has 0 aliphatic carbocycles. The van der Waals surface area contributed by atoms with Crippen LogP contribution in [0.3, 0.4) is 0 Å². The van der Waals surface area contributed by atoms with Gasteiger partial charge in [0.05, 0.1) is 18.6 Å². The van der Waals surface area contributed by atoms with Crippen molar-refractivity contribution in [3.05, 3.63) is 48.0 Å². The number of methoxy groups -OCH3 is 1. The van der Waals surface area contributed by atoms with E-state index in [2.05, 4.69) is 4.72 Å². The molecule has 2 aromatic carbocycles. The summed E-state index contributed by atoms with van der Waals surface area (Å²) in [7, 11) is -6.04. The summed E-state index contributed by atoms with van der Waals surface area (Å²) in [5.41, 5.74) is 1.66. The van der Waals surface area contributed by atoms with Gasteiger partial charge in [-0.05, 0) is 55.7 Å². The largest absolute Gasteiger partial charge is 0.495 e. The van der Waals surface area contributed by atoms with E-state index < -0.39 is 20.0 Å². The number of nitrogens with one attached hydrogen (secondary N) is 1.